The van der Waals surface area contributed by atoms with Gasteiger partial charge in [0, 0.05) is 26.2 Å². The van der Waals surface area contributed by atoms with E-state index in [0.29, 0.717) is 0 Å². The van der Waals surface area contributed by atoms with Gasteiger partial charge in [0.2, 0.25) is 5.75 Å². The van der Waals surface area contributed by atoms with Crippen molar-refractivity contribution >= 4 is 24.1 Å². The lowest BCUT2D eigenvalue weighted by molar-refractivity contribution is -0.0156. The van der Waals surface area contributed by atoms with Gasteiger partial charge in [-0.2, -0.15) is 0 Å². The van der Waals surface area contributed by atoms with Crippen molar-refractivity contribution < 1.29 is 38.1 Å². The minimum atomic E-state index is -1.27. The molecule has 1 spiro atoms. The summed E-state index contributed by atoms with van der Waals surface area (Å²) in [5.41, 5.74) is -0.752. The normalized spacial score (nSPS) is 14.7. The van der Waals surface area contributed by atoms with Gasteiger partial charge in [-0.25, -0.2) is 24.2 Å². The summed E-state index contributed by atoms with van der Waals surface area (Å²) in [4.78, 5) is 75.1. The fourth-order valence-corrected chi connectivity index (χ4v) is 6.22. The summed E-state index contributed by atoms with van der Waals surface area (Å²) in [5, 5.41) is 0. The monoisotopic (exact) mass is 680 g/mol. The molecule has 0 radical (unpaired) electrons. The maximum absolute atomic E-state index is 14.1. The summed E-state index contributed by atoms with van der Waals surface area (Å²) in [7, 11) is 0. The molecule has 13 heteroatoms. The molecule has 0 unspecified atom stereocenters. The molecule has 13 nitrogen and oxygen atoms in total. The van der Waals surface area contributed by atoms with Crippen LogP contribution in [0.3, 0.4) is 0 Å². The Morgan fingerprint density at radius 2 is 1.26 bits per heavy atom. The van der Waals surface area contributed by atoms with E-state index in [1.54, 1.807) is 25.1 Å². The average Bonchev–Trinajstić information content (AvgIpc) is 3.15. The number of nitrogens with zero attached hydrogens (tertiary/aromatic N) is 4. The molecule has 6 rings (SSSR count). The predicted molar refractivity (Wildman–Crippen MR) is 178 cm³/mol. The summed E-state index contributed by atoms with van der Waals surface area (Å²) >= 11 is 0. The predicted octanol–water partition coefficient (Wildman–Crippen LogP) is 4.92. The van der Waals surface area contributed by atoms with Crippen molar-refractivity contribution in [1.82, 2.24) is 19.4 Å². The maximum Gasteiger partial charge on any atom is 0.411 e. The van der Waals surface area contributed by atoms with Crippen LogP contribution in [0.2, 0.25) is 0 Å². The molecule has 0 bridgehead atoms. The second kappa shape index (κ2) is 15.1. The van der Waals surface area contributed by atoms with E-state index in [1.807, 2.05) is 60.7 Å². The maximum atomic E-state index is 14.1. The lowest BCUT2D eigenvalue weighted by atomic mass is 9.83. The highest BCUT2D eigenvalue weighted by Gasteiger charge is 2.51. The molecule has 2 aliphatic heterocycles. The number of esters is 2. The van der Waals surface area contributed by atoms with Gasteiger partial charge >= 0.3 is 24.1 Å². The van der Waals surface area contributed by atoms with Crippen LogP contribution in [0.25, 0.3) is 0 Å². The Hall–Kier alpha value is -5.98. The lowest BCUT2D eigenvalue weighted by Gasteiger charge is -2.50. The Bertz CT molecular complexity index is 1910. The Kier molecular flexibility index (Phi) is 10.2. The summed E-state index contributed by atoms with van der Waals surface area (Å²) in [6.07, 6.45) is -0.887. The van der Waals surface area contributed by atoms with Gasteiger partial charge in [0.15, 0.2) is 5.69 Å². The van der Waals surface area contributed by atoms with E-state index >= 15 is 0 Å². The number of carbonyl (C=O) groups is 4. The third kappa shape index (κ3) is 7.07. The van der Waals surface area contributed by atoms with Gasteiger partial charge < -0.3 is 23.8 Å². The van der Waals surface area contributed by atoms with E-state index in [-0.39, 0.29) is 70.2 Å². The minimum absolute atomic E-state index is 0.00682. The van der Waals surface area contributed by atoms with E-state index in [2.05, 4.69) is 4.98 Å². The molecule has 0 aliphatic carbocycles. The number of rotatable bonds is 8. The van der Waals surface area contributed by atoms with Gasteiger partial charge in [-0.1, -0.05) is 78.9 Å². The van der Waals surface area contributed by atoms with E-state index in [9.17, 15) is 24.0 Å². The number of aromatic nitrogens is 2. The van der Waals surface area contributed by atoms with Gasteiger partial charge in [-0.05, 0) is 43.0 Å². The molecule has 3 heterocycles. The largest absolute Gasteiger partial charge is 0.461 e. The highest BCUT2D eigenvalue weighted by atomic mass is 16.6. The van der Waals surface area contributed by atoms with Gasteiger partial charge in [-0.15, -0.1) is 0 Å². The molecular formula is C37H36N4O9. The Morgan fingerprint density at radius 1 is 0.700 bits per heavy atom. The number of hydrogen-bond donors (Lipinski definition) is 0. The van der Waals surface area contributed by atoms with Crippen LogP contribution < -0.4 is 10.3 Å². The Labute approximate surface area is 287 Å². The van der Waals surface area contributed by atoms with Gasteiger partial charge in [-0.3, -0.25) is 14.3 Å². The zero-order chi connectivity index (χ0) is 35.1. The highest BCUT2D eigenvalue weighted by molar-refractivity contribution is 5.95. The number of benzene rings is 3. The second-order valence-corrected chi connectivity index (χ2v) is 11.8. The summed E-state index contributed by atoms with van der Waals surface area (Å²) in [6.45, 7) is 1.97. The first-order valence-corrected chi connectivity index (χ1v) is 16.3. The average molecular weight is 681 g/mol. The molecule has 2 amide bonds. The molecule has 0 saturated carbocycles. The topological polar surface area (TPSA) is 147 Å². The zero-order valence-corrected chi connectivity index (χ0v) is 27.5. The number of amides is 2. The summed E-state index contributed by atoms with van der Waals surface area (Å²) < 4.78 is 23.4. The van der Waals surface area contributed by atoms with Crippen LogP contribution in [0.1, 0.15) is 57.6 Å². The highest BCUT2D eigenvalue weighted by Crippen LogP contribution is 2.41. The molecule has 3 aromatic carbocycles. The van der Waals surface area contributed by atoms with E-state index < -0.39 is 46.7 Å². The molecule has 50 heavy (non-hydrogen) atoms. The minimum Gasteiger partial charge on any atom is -0.461 e. The number of likely N-dealkylation sites (tertiary alicyclic amines) is 1. The summed E-state index contributed by atoms with van der Waals surface area (Å²) in [5.74, 6) is -2.29. The molecule has 1 fully saturated rings. The molecule has 258 valence electrons. The second-order valence-electron chi connectivity index (χ2n) is 11.8. The van der Waals surface area contributed by atoms with E-state index in [0.717, 1.165) is 11.1 Å². The number of piperidine rings is 1. The van der Waals surface area contributed by atoms with Crippen LogP contribution in [-0.2, 0) is 39.5 Å². The third-order valence-electron chi connectivity index (χ3n) is 8.76. The van der Waals surface area contributed by atoms with Crippen molar-refractivity contribution in [3.8, 4) is 5.75 Å². The Balaban J connectivity index is 1.35. The van der Waals surface area contributed by atoms with Crippen molar-refractivity contribution in [2.24, 2.45) is 0 Å². The summed E-state index contributed by atoms with van der Waals surface area (Å²) in [6, 6.07) is 26.5. The van der Waals surface area contributed by atoms with Crippen molar-refractivity contribution in [2.75, 3.05) is 26.2 Å². The number of carbonyl (C=O) groups excluding carboxylic acids is 4. The quantitative estimate of drug-likeness (QED) is 0.186. The standard InChI is InChI=1S/C37H36N4O9/c1-2-47-33(44)29-30(50-32(43)28-16-10-5-11-17-28)31(42)40-22-23-41(36(46)49-25-27-14-8-4-9-15-27)37(34(40)38-29)18-20-39(21-19-37)35(45)48-24-26-12-6-3-7-13-26/h3-17H,2,18-25H2,1H3. The molecule has 1 saturated heterocycles. The molecule has 2 aliphatic rings. The number of fused-ring (bicyclic) bond motifs is 2. The van der Waals surface area contributed by atoms with Crippen molar-refractivity contribution in [1.29, 1.82) is 0 Å². The SMILES string of the molecule is CCOC(=O)c1nc2n(c(=O)c1OC(=O)c1ccccc1)CCN(C(=O)OCc1ccccc1)C21CCN(C(=O)OCc2ccccc2)CC1. The lowest BCUT2D eigenvalue weighted by Crippen LogP contribution is -2.62. The van der Waals surface area contributed by atoms with Gasteiger partial charge in [0.1, 0.15) is 24.6 Å². The molecule has 4 aromatic rings. The van der Waals surface area contributed by atoms with Crippen molar-refractivity contribution in [2.45, 2.75) is 45.1 Å². The van der Waals surface area contributed by atoms with E-state index in [4.69, 9.17) is 18.9 Å². The van der Waals surface area contributed by atoms with Gasteiger partial charge in [0.25, 0.3) is 5.56 Å². The molecule has 0 N–H and O–H groups in total. The van der Waals surface area contributed by atoms with Crippen LogP contribution in [-0.4, -0.2) is 69.7 Å². The fourth-order valence-electron chi connectivity index (χ4n) is 6.22. The zero-order valence-electron chi connectivity index (χ0n) is 27.5. The van der Waals surface area contributed by atoms with Crippen LogP contribution in [0, 0.1) is 0 Å². The van der Waals surface area contributed by atoms with Crippen LogP contribution >= 0.6 is 0 Å². The van der Waals surface area contributed by atoms with Gasteiger partial charge in [0.05, 0.1) is 12.2 Å². The first-order valence-electron chi connectivity index (χ1n) is 16.3. The number of ether oxygens (including phenoxy) is 4. The van der Waals surface area contributed by atoms with Crippen molar-refractivity contribution in [3.63, 3.8) is 0 Å². The first kappa shape index (κ1) is 33.9. The third-order valence-corrected chi connectivity index (χ3v) is 8.76. The molecule has 1 aromatic heterocycles. The fraction of sp³-hybridized carbons (Fsp3) is 0.297. The van der Waals surface area contributed by atoms with Crippen molar-refractivity contribution in [3.05, 3.63) is 130 Å². The number of hydrogen-bond acceptors (Lipinski definition) is 10. The smallest absolute Gasteiger partial charge is 0.411 e. The molecular weight excluding hydrogens is 644 g/mol. The van der Waals surface area contributed by atoms with Crippen LogP contribution in [0.15, 0.2) is 95.8 Å². The van der Waals surface area contributed by atoms with E-state index in [1.165, 1.54) is 26.5 Å². The van der Waals surface area contributed by atoms with Crippen LogP contribution in [0.4, 0.5) is 9.59 Å². The molecule has 0 atom stereocenters. The van der Waals surface area contributed by atoms with Crippen LogP contribution in [0.5, 0.6) is 5.75 Å². The Morgan fingerprint density at radius 3 is 1.84 bits per heavy atom. The first-order chi connectivity index (χ1) is 24.3.